The highest BCUT2D eigenvalue weighted by Crippen LogP contribution is 2.11. The van der Waals surface area contributed by atoms with Gasteiger partial charge in [-0.25, -0.2) is 4.39 Å². The van der Waals surface area contributed by atoms with E-state index >= 15 is 0 Å². The molecule has 5 heteroatoms. The van der Waals surface area contributed by atoms with E-state index in [0.717, 1.165) is 11.3 Å². The van der Waals surface area contributed by atoms with Gasteiger partial charge in [0.1, 0.15) is 5.82 Å². The Kier molecular flexibility index (Phi) is 4.30. The quantitative estimate of drug-likeness (QED) is 0.870. The third kappa shape index (κ3) is 3.54. The van der Waals surface area contributed by atoms with Gasteiger partial charge in [0.25, 0.3) is 0 Å². The Morgan fingerprint density at radius 1 is 1.35 bits per heavy atom. The van der Waals surface area contributed by atoms with Crippen molar-refractivity contribution >= 4 is 12.0 Å². The standard InChI is InChI=1S/C15H16FN3O/c1-11(9-12-3-5-13(16)6-4-12)15(20)19(2)10-14-7-8-17-18-14/h3-9H,10H2,1-2H3,(H,17,18). The van der Waals surface area contributed by atoms with Crippen LogP contribution < -0.4 is 0 Å². The predicted octanol–water partition coefficient (Wildman–Crippen LogP) is 2.61. The first-order chi connectivity index (χ1) is 9.56. The van der Waals surface area contributed by atoms with Crippen LogP contribution >= 0.6 is 0 Å². The summed E-state index contributed by atoms with van der Waals surface area (Å²) in [4.78, 5) is 13.8. The van der Waals surface area contributed by atoms with Gasteiger partial charge in [-0.15, -0.1) is 0 Å². The van der Waals surface area contributed by atoms with E-state index in [-0.39, 0.29) is 11.7 Å². The molecule has 0 fully saturated rings. The highest BCUT2D eigenvalue weighted by Gasteiger charge is 2.11. The summed E-state index contributed by atoms with van der Waals surface area (Å²) in [5, 5.41) is 6.66. The minimum absolute atomic E-state index is 0.0797. The van der Waals surface area contributed by atoms with Crippen molar-refractivity contribution in [2.75, 3.05) is 7.05 Å². The molecule has 4 nitrogen and oxygen atoms in total. The van der Waals surface area contributed by atoms with Gasteiger partial charge < -0.3 is 4.90 Å². The van der Waals surface area contributed by atoms with Crippen LogP contribution in [0.1, 0.15) is 18.2 Å². The SMILES string of the molecule is CC(=Cc1ccc(F)cc1)C(=O)N(C)Cc1ccn[nH]1. The number of amides is 1. The lowest BCUT2D eigenvalue weighted by Gasteiger charge is -2.16. The summed E-state index contributed by atoms with van der Waals surface area (Å²) in [5.41, 5.74) is 2.27. The molecule has 2 aromatic rings. The summed E-state index contributed by atoms with van der Waals surface area (Å²) >= 11 is 0. The van der Waals surface area contributed by atoms with E-state index in [9.17, 15) is 9.18 Å². The van der Waals surface area contributed by atoms with Crippen molar-refractivity contribution in [1.29, 1.82) is 0 Å². The fourth-order valence-corrected chi connectivity index (χ4v) is 1.87. The van der Waals surface area contributed by atoms with Gasteiger partial charge in [-0.2, -0.15) is 5.10 Å². The molecular formula is C15H16FN3O. The number of benzene rings is 1. The number of hydrogen-bond acceptors (Lipinski definition) is 2. The maximum Gasteiger partial charge on any atom is 0.249 e. The van der Waals surface area contributed by atoms with E-state index in [2.05, 4.69) is 10.2 Å². The van der Waals surface area contributed by atoms with E-state index in [1.165, 1.54) is 12.1 Å². The maximum absolute atomic E-state index is 12.8. The normalized spacial score (nSPS) is 11.4. The Hall–Kier alpha value is -2.43. The van der Waals surface area contributed by atoms with E-state index in [0.29, 0.717) is 12.1 Å². The number of carbonyl (C=O) groups is 1. The monoisotopic (exact) mass is 273 g/mol. The second kappa shape index (κ2) is 6.14. The Labute approximate surface area is 116 Å². The Bertz CT molecular complexity index is 603. The van der Waals surface area contributed by atoms with Gasteiger partial charge in [0.2, 0.25) is 5.91 Å². The average Bonchev–Trinajstić information content (AvgIpc) is 2.93. The highest BCUT2D eigenvalue weighted by atomic mass is 19.1. The average molecular weight is 273 g/mol. The van der Waals surface area contributed by atoms with E-state index in [1.807, 2.05) is 6.07 Å². The van der Waals surface area contributed by atoms with Crippen molar-refractivity contribution < 1.29 is 9.18 Å². The summed E-state index contributed by atoms with van der Waals surface area (Å²) in [6, 6.07) is 7.85. The van der Waals surface area contributed by atoms with Crippen molar-refractivity contribution in [2.45, 2.75) is 13.5 Å². The summed E-state index contributed by atoms with van der Waals surface area (Å²) < 4.78 is 12.8. The summed E-state index contributed by atoms with van der Waals surface area (Å²) in [7, 11) is 1.73. The molecule has 104 valence electrons. The lowest BCUT2D eigenvalue weighted by atomic mass is 10.1. The molecule has 20 heavy (non-hydrogen) atoms. The molecule has 0 unspecified atom stereocenters. The second-order valence-corrected chi connectivity index (χ2v) is 4.62. The lowest BCUT2D eigenvalue weighted by molar-refractivity contribution is -0.126. The summed E-state index contributed by atoms with van der Waals surface area (Å²) in [5.74, 6) is -0.369. The van der Waals surface area contributed by atoms with Crippen molar-refractivity contribution in [3.05, 3.63) is 59.2 Å². The van der Waals surface area contributed by atoms with Crippen molar-refractivity contribution in [2.24, 2.45) is 0 Å². The van der Waals surface area contributed by atoms with E-state index in [4.69, 9.17) is 0 Å². The van der Waals surface area contributed by atoms with Gasteiger partial charge in [0.05, 0.1) is 12.2 Å². The number of nitrogens with zero attached hydrogens (tertiary/aromatic N) is 2. The van der Waals surface area contributed by atoms with Gasteiger partial charge >= 0.3 is 0 Å². The smallest absolute Gasteiger partial charge is 0.249 e. The van der Waals surface area contributed by atoms with Crippen LogP contribution in [-0.2, 0) is 11.3 Å². The molecule has 1 aromatic heterocycles. The molecule has 1 N–H and O–H groups in total. The summed E-state index contributed by atoms with van der Waals surface area (Å²) in [6.45, 7) is 2.21. The first kappa shape index (κ1) is 14.0. The fourth-order valence-electron chi connectivity index (χ4n) is 1.87. The molecule has 0 bridgehead atoms. The van der Waals surface area contributed by atoms with Gasteiger partial charge in [-0.05, 0) is 36.8 Å². The fraction of sp³-hybridized carbons (Fsp3) is 0.200. The molecule has 0 spiro atoms. The number of carbonyl (C=O) groups excluding carboxylic acids is 1. The van der Waals surface area contributed by atoms with Crippen LogP contribution in [0.4, 0.5) is 4.39 Å². The van der Waals surface area contributed by atoms with Gasteiger partial charge in [-0.3, -0.25) is 9.89 Å². The van der Waals surface area contributed by atoms with Crippen LogP contribution in [0, 0.1) is 5.82 Å². The third-order valence-electron chi connectivity index (χ3n) is 2.90. The first-order valence-corrected chi connectivity index (χ1v) is 6.24. The van der Waals surface area contributed by atoms with E-state index in [1.54, 1.807) is 43.3 Å². The molecule has 0 aliphatic carbocycles. The molecule has 2 rings (SSSR count). The minimum Gasteiger partial charge on any atom is -0.336 e. The van der Waals surface area contributed by atoms with Crippen LogP contribution in [0.15, 0.2) is 42.1 Å². The molecule has 0 saturated heterocycles. The second-order valence-electron chi connectivity index (χ2n) is 4.62. The molecule has 0 saturated carbocycles. The molecule has 0 aliphatic rings. The van der Waals surface area contributed by atoms with Crippen LogP contribution in [0.2, 0.25) is 0 Å². The number of rotatable bonds is 4. The topological polar surface area (TPSA) is 49.0 Å². The predicted molar refractivity (Wildman–Crippen MR) is 75.1 cm³/mol. The number of aromatic amines is 1. The first-order valence-electron chi connectivity index (χ1n) is 6.24. The van der Waals surface area contributed by atoms with Gasteiger partial charge in [0.15, 0.2) is 0 Å². The third-order valence-corrected chi connectivity index (χ3v) is 2.90. The van der Waals surface area contributed by atoms with Crippen molar-refractivity contribution in [1.82, 2.24) is 15.1 Å². The molecule has 1 heterocycles. The van der Waals surface area contributed by atoms with Crippen LogP contribution in [0.25, 0.3) is 6.08 Å². The number of likely N-dealkylation sites (N-methyl/N-ethyl adjacent to an activating group) is 1. The largest absolute Gasteiger partial charge is 0.336 e. The zero-order chi connectivity index (χ0) is 14.5. The molecule has 0 aliphatic heterocycles. The molecule has 1 amide bonds. The van der Waals surface area contributed by atoms with Crippen molar-refractivity contribution in [3.63, 3.8) is 0 Å². The number of halogens is 1. The number of nitrogens with one attached hydrogen (secondary N) is 1. The zero-order valence-corrected chi connectivity index (χ0v) is 11.4. The minimum atomic E-state index is -0.289. The Morgan fingerprint density at radius 3 is 2.65 bits per heavy atom. The molecule has 0 atom stereocenters. The Morgan fingerprint density at radius 2 is 2.05 bits per heavy atom. The van der Waals surface area contributed by atoms with Crippen LogP contribution in [0.5, 0.6) is 0 Å². The number of aromatic nitrogens is 2. The number of hydrogen-bond donors (Lipinski definition) is 1. The summed E-state index contributed by atoms with van der Waals surface area (Å²) in [6.07, 6.45) is 3.39. The lowest BCUT2D eigenvalue weighted by Crippen LogP contribution is -2.26. The van der Waals surface area contributed by atoms with Crippen LogP contribution in [0.3, 0.4) is 0 Å². The van der Waals surface area contributed by atoms with Crippen LogP contribution in [-0.4, -0.2) is 28.1 Å². The van der Waals surface area contributed by atoms with Gasteiger partial charge in [0, 0.05) is 18.8 Å². The zero-order valence-electron chi connectivity index (χ0n) is 11.4. The molecule has 0 radical (unpaired) electrons. The maximum atomic E-state index is 12.8. The Balaban J connectivity index is 2.05. The van der Waals surface area contributed by atoms with Gasteiger partial charge in [-0.1, -0.05) is 12.1 Å². The van der Waals surface area contributed by atoms with Crippen molar-refractivity contribution in [3.8, 4) is 0 Å². The number of H-pyrrole nitrogens is 1. The highest BCUT2D eigenvalue weighted by molar-refractivity contribution is 5.97. The molecule has 1 aromatic carbocycles. The van der Waals surface area contributed by atoms with E-state index < -0.39 is 0 Å². The molecular weight excluding hydrogens is 257 g/mol.